The first-order chi connectivity index (χ1) is 10.6. The Balaban J connectivity index is 2.04. The summed E-state index contributed by atoms with van der Waals surface area (Å²) in [5.41, 5.74) is 1.87. The summed E-state index contributed by atoms with van der Waals surface area (Å²) < 4.78 is 5.05. The highest BCUT2D eigenvalue weighted by Crippen LogP contribution is 2.16. The van der Waals surface area contributed by atoms with Gasteiger partial charge >= 0.3 is 5.97 Å². The van der Waals surface area contributed by atoms with Crippen LogP contribution in [0.2, 0.25) is 0 Å². The molecule has 0 saturated heterocycles. The second-order valence-electron chi connectivity index (χ2n) is 4.48. The minimum atomic E-state index is -1.01. The van der Waals surface area contributed by atoms with Crippen LogP contribution in [0.25, 0.3) is 6.08 Å². The molecule has 0 radical (unpaired) electrons. The number of aliphatic carboxylic acids is 1. The summed E-state index contributed by atoms with van der Waals surface area (Å²) in [6.07, 6.45) is 2.51. The molecule has 2 aromatic carbocycles. The Hall–Kier alpha value is -3.08. The quantitative estimate of drug-likeness (QED) is 0.832. The van der Waals surface area contributed by atoms with E-state index in [2.05, 4.69) is 5.32 Å². The van der Waals surface area contributed by atoms with E-state index in [0.717, 1.165) is 6.08 Å². The summed E-state index contributed by atoms with van der Waals surface area (Å²) in [4.78, 5) is 22.5. The smallest absolute Gasteiger partial charge is 0.328 e. The summed E-state index contributed by atoms with van der Waals surface area (Å²) in [7, 11) is 1.58. The van der Waals surface area contributed by atoms with Crippen LogP contribution in [-0.2, 0) is 4.79 Å². The average molecular weight is 297 g/mol. The van der Waals surface area contributed by atoms with Crippen molar-refractivity contribution in [2.45, 2.75) is 0 Å². The lowest BCUT2D eigenvalue weighted by molar-refractivity contribution is -0.131. The van der Waals surface area contributed by atoms with Gasteiger partial charge in [-0.15, -0.1) is 0 Å². The Morgan fingerprint density at radius 2 is 1.68 bits per heavy atom. The van der Waals surface area contributed by atoms with Crippen molar-refractivity contribution < 1.29 is 19.4 Å². The number of hydrogen-bond acceptors (Lipinski definition) is 3. The van der Waals surface area contributed by atoms with Crippen molar-refractivity contribution in [3.05, 3.63) is 65.7 Å². The zero-order valence-corrected chi connectivity index (χ0v) is 11.9. The van der Waals surface area contributed by atoms with Gasteiger partial charge in [-0.25, -0.2) is 4.79 Å². The molecule has 0 unspecified atom stereocenters. The van der Waals surface area contributed by atoms with Crippen molar-refractivity contribution >= 4 is 23.6 Å². The third-order valence-electron chi connectivity index (χ3n) is 2.94. The molecule has 0 spiro atoms. The molecule has 0 atom stereocenters. The normalized spacial score (nSPS) is 10.4. The van der Waals surface area contributed by atoms with E-state index >= 15 is 0 Å². The van der Waals surface area contributed by atoms with E-state index in [0.29, 0.717) is 22.6 Å². The van der Waals surface area contributed by atoms with Crippen LogP contribution < -0.4 is 10.1 Å². The Labute approximate surface area is 127 Å². The number of nitrogens with one attached hydrogen (secondary N) is 1. The molecule has 0 saturated carbocycles. The van der Waals surface area contributed by atoms with E-state index in [1.54, 1.807) is 55.6 Å². The molecule has 0 aromatic heterocycles. The minimum Gasteiger partial charge on any atom is -0.497 e. The van der Waals surface area contributed by atoms with Crippen LogP contribution in [0, 0.1) is 0 Å². The lowest BCUT2D eigenvalue weighted by atomic mass is 10.1. The number of hydrogen-bond donors (Lipinski definition) is 2. The van der Waals surface area contributed by atoms with Gasteiger partial charge < -0.3 is 15.2 Å². The van der Waals surface area contributed by atoms with Crippen molar-refractivity contribution in [2.75, 3.05) is 12.4 Å². The summed E-state index contributed by atoms with van der Waals surface area (Å²) in [5.74, 6) is -0.534. The van der Waals surface area contributed by atoms with Gasteiger partial charge in [0, 0.05) is 17.3 Å². The summed E-state index contributed by atoms with van der Waals surface area (Å²) in [6, 6.07) is 13.7. The average Bonchev–Trinajstić information content (AvgIpc) is 2.54. The highest BCUT2D eigenvalue weighted by Gasteiger charge is 2.05. The van der Waals surface area contributed by atoms with Gasteiger partial charge in [0.05, 0.1) is 7.11 Å². The maximum atomic E-state index is 12.1. The number of carboxylic acid groups (broad SMARTS) is 1. The van der Waals surface area contributed by atoms with Gasteiger partial charge in [0.1, 0.15) is 5.75 Å². The first-order valence-corrected chi connectivity index (χ1v) is 6.55. The van der Waals surface area contributed by atoms with Gasteiger partial charge in [0.2, 0.25) is 0 Å². The molecule has 2 rings (SSSR count). The number of anilines is 1. The lowest BCUT2D eigenvalue weighted by Crippen LogP contribution is -2.11. The van der Waals surface area contributed by atoms with Crippen LogP contribution in [0.15, 0.2) is 54.6 Å². The summed E-state index contributed by atoms with van der Waals surface area (Å²) in [5, 5.41) is 11.3. The Bertz CT molecular complexity index is 688. The predicted molar refractivity (Wildman–Crippen MR) is 84.1 cm³/mol. The van der Waals surface area contributed by atoms with Crippen molar-refractivity contribution in [3.8, 4) is 5.75 Å². The molecule has 5 nitrogen and oxygen atoms in total. The van der Waals surface area contributed by atoms with Crippen molar-refractivity contribution in [1.82, 2.24) is 0 Å². The molecule has 0 fully saturated rings. The van der Waals surface area contributed by atoms with Gasteiger partial charge in [0.15, 0.2) is 0 Å². The van der Waals surface area contributed by atoms with E-state index in [4.69, 9.17) is 9.84 Å². The van der Waals surface area contributed by atoms with E-state index in [-0.39, 0.29) is 5.91 Å². The molecule has 2 N–H and O–H groups in total. The van der Waals surface area contributed by atoms with E-state index in [9.17, 15) is 9.59 Å². The van der Waals surface area contributed by atoms with Gasteiger partial charge in [-0.05, 0) is 48.0 Å². The number of ether oxygens (including phenoxy) is 1. The molecule has 2 aromatic rings. The van der Waals surface area contributed by atoms with Crippen LogP contribution in [0.5, 0.6) is 5.75 Å². The van der Waals surface area contributed by atoms with Gasteiger partial charge in [0.25, 0.3) is 5.91 Å². The number of methoxy groups -OCH3 is 1. The molecule has 0 aliphatic rings. The molecule has 22 heavy (non-hydrogen) atoms. The number of carbonyl (C=O) groups is 2. The molecule has 0 heterocycles. The zero-order chi connectivity index (χ0) is 15.9. The van der Waals surface area contributed by atoms with E-state index in [1.807, 2.05) is 0 Å². The zero-order valence-electron chi connectivity index (χ0n) is 11.9. The van der Waals surface area contributed by atoms with Crippen LogP contribution in [0.3, 0.4) is 0 Å². The Morgan fingerprint density at radius 3 is 2.23 bits per heavy atom. The van der Waals surface area contributed by atoms with Crippen LogP contribution >= 0.6 is 0 Å². The number of rotatable bonds is 5. The van der Waals surface area contributed by atoms with Crippen molar-refractivity contribution in [2.24, 2.45) is 0 Å². The number of carbonyl (C=O) groups excluding carboxylic acids is 1. The Kier molecular flexibility index (Phi) is 4.93. The number of amides is 1. The summed E-state index contributed by atoms with van der Waals surface area (Å²) in [6.45, 7) is 0. The third-order valence-corrected chi connectivity index (χ3v) is 2.94. The van der Waals surface area contributed by atoms with Gasteiger partial charge in [-0.3, -0.25) is 4.79 Å². The second kappa shape index (κ2) is 7.08. The summed E-state index contributed by atoms with van der Waals surface area (Å²) >= 11 is 0. The fourth-order valence-electron chi connectivity index (χ4n) is 1.79. The van der Waals surface area contributed by atoms with E-state index in [1.165, 1.54) is 6.08 Å². The topological polar surface area (TPSA) is 75.6 Å². The second-order valence-corrected chi connectivity index (χ2v) is 4.48. The van der Waals surface area contributed by atoms with Crippen LogP contribution in [-0.4, -0.2) is 24.1 Å². The van der Waals surface area contributed by atoms with E-state index < -0.39 is 5.97 Å². The number of benzene rings is 2. The fourth-order valence-corrected chi connectivity index (χ4v) is 1.79. The first-order valence-electron chi connectivity index (χ1n) is 6.55. The highest BCUT2D eigenvalue weighted by atomic mass is 16.5. The van der Waals surface area contributed by atoms with Gasteiger partial charge in [-0.2, -0.15) is 0 Å². The highest BCUT2D eigenvalue weighted by molar-refractivity contribution is 6.04. The largest absolute Gasteiger partial charge is 0.497 e. The maximum Gasteiger partial charge on any atom is 0.328 e. The van der Waals surface area contributed by atoms with Crippen LogP contribution in [0.4, 0.5) is 5.69 Å². The molecule has 112 valence electrons. The van der Waals surface area contributed by atoms with Crippen molar-refractivity contribution in [1.29, 1.82) is 0 Å². The molecule has 0 aliphatic heterocycles. The SMILES string of the molecule is COc1ccc(NC(=O)c2ccc(/C=C/C(=O)O)cc2)cc1. The fraction of sp³-hybridized carbons (Fsp3) is 0.0588. The minimum absolute atomic E-state index is 0.237. The molecular weight excluding hydrogens is 282 g/mol. The van der Waals surface area contributed by atoms with Crippen LogP contribution in [0.1, 0.15) is 15.9 Å². The lowest BCUT2D eigenvalue weighted by Gasteiger charge is -2.06. The van der Waals surface area contributed by atoms with Gasteiger partial charge in [-0.1, -0.05) is 12.1 Å². The Morgan fingerprint density at radius 1 is 1.05 bits per heavy atom. The molecule has 1 amide bonds. The molecule has 0 aliphatic carbocycles. The first kappa shape index (κ1) is 15.3. The number of carboxylic acids is 1. The molecule has 0 bridgehead atoms. The maximum absolute atomic E-state index is 12.1. The molecule has 5 heteroatoms. The predicted octanol–water partition coefficient (Wildman–Crippen LogP) is 3.05. The third kappa shape index (κ3) is 4.21. The monoisotopic (exact) mass is 297 g/mol. The molecular formula is C17H15NO4. The van der Waals surface area contributed by atoms with Crippen molar-refractivity contribution in [3.63, 3.8) is 0 Å². The standard InChI is InChI=1S/C17H15NO4/c1-22-15-9-7-14(8-10-15)18-17(21)13-5-2-12(3-6-13)4-11-16(19)20/h2-11H,1H3,(H,18,21)(H,19,20)/b11-4+.